The number of fused-ring (bicyclic) bond motifs is 1. The molecule has 0 bridgehead atoms. The second-order valence-electron chi connectivity index (χ2n) is 3.62. The van der Waals surface area contributed by atoms with Gasteiger partial charge in [0, 0.05) is 11.5 Å². The molecular weight excluding hydrogens is 270 g/mol. The molecule has 0 aliphatic carbocycles. The van der Waals surface area contributed by atoms with Crippen molar-refractivity contribution in [2.24, 2.45) is 0 Å². The fourth-order valence-electron chi connectivity index (χ4n) is 1.86. The zero-order valence-corrected chi connectivity index (χ0v) is 10.7. The number of ether oxygens (including phenoxy) is 1. The van der Waals surface area contributed by atoms with Crippen LogP contribution in [0.1, 0.15) is 5.56 Å². The second kappa shape index (κ2) is 4.29. The van der Waals surface area contributed by atoms with Crippen molar-refractivity contribution in [1.82, 2.24) is 0 Å². The van der Waals surface area contributed by atoms with Crippen LogP contribution in [0.4, 0.5) is 5.69 Å². The summed E-state index contributed by atoms with van der Waals surface area (Å²) in [6.45, 7) is 0. The molecule has 0 N–H and O–H groups in total. The highest BCUT2D eigenvalue weighted by molar-refractivity contribution is 9.10. The van der Waals surface area contributed by atoms with E-state index in [4.69, 9.17) is 4.74 Å². The number of hydrogen-bond acceptors (Lipinski definition) is 3. The van der Waals surface area contributed by atoms with E-state index in [0.29, 0.717) is 0 Å². The standard InChI is InChI=1S/C12H12BrNO2/c1-14-10(12(15)16-2)7-6-8-4-3-5-9(13)11(8)14/h3-7,10H,1-2H3. The molecule has 4 heteroatoms. The van der Waals surface area contributed by atoms with Crippen LogP contribution in [-0.4, -0.2) is 26.2 Å². The minimum atomic E-state index is -0.351. The van der Waals surface area contributed by atoms with Crippen molar-refractivity contribution in [3.05, 3.63) is 34.3 Å². The summed E-state index contributed by atoms with van der Waals surface area (Å²) in [6, 6.07) is 5.60. The highest BCUT2D eigenvalue weighted by Crippen LogP contribution is 2.34. The van der Waals surface area contributed by atoms with E-state index in [0.717, 1.165) is 15.7 Å². The summed E-state index contributed by atoms with van der Waals surface area (Å²) in [7, 11) is 3.29. The number of carbonyl (C=O) groups excluding carboxylic acids is 1. The largest absolute Gasteiger partial charge is 0.467 e. The van der Waals surface area contributed by atoms with Gasteiger partial charge in [-0.3, -0.25) is 0 Å². The molecule has 0 saturated heterocycles. The third-order valence-corrected chi connectivity index (χ3v) is 3.33. The molecule has 1 aromatic carbocycles. The van der Waals surface area contributed by atoms with Gasteiger partial charge in [0.1, 0.15) is 6.04 Å². The summed E-state index contributed by atoms with van der Waals surface area (Å²) in [4.78, 5) is 13.5. The van der Waals surface area contributed by atoms with E-state index in [2.05, 4.69) is 15.9 Å². The zero-order chi connectivity index (χ0) is 11.7. The number of halogens is 1. The minimum absolute atomic E-state index is 0.250. The Bertz CT molecular complexity index is 456. The van der Waals surface area contributed by atoms with Gasteiger partial charge >= 0.3 is 5.97 Å². The van der Waals surface area contributed by atoms with Gasteiger partial charge in [0.2, 0.25) is 0 Å². The third kappa shape index (κ3) is 1.73. The summed E-state index contributed by atoms with van der Waals surface area (Å²) in [6.07, 6.45) is 3.79. The predicted octanol–water partition coefficient (Wildman–Crippen LogP) is 2.45. The Morgan fingerprint density at radius 2 is 2.25 bits per heavy atom. The van der Waals surface area contributed by atoms with Gasteiger partial charge in [-0.15, -0.1) is 0 Å². The molecular formula is C12H12BrNO2. The summed E-state index contributed by atoms with van der Waals surface area (Å²) in [5.74, 6) is -0.250. The second-order valence-corrected chi connectivity index (χ2v) is 4.47. The summed E-state index contributed by atoms with van der Waals surface area (Å²) in [5.41, 5.74) is 2.11. The Morgan fingerprint density at radius 3 is 2.94 bits per heavy atom. The maximum atomic E-state index is 11.6. The van der Waals surface area contributed by atoms with Crippen LogP contribution in [0.2, 0.25) is 0 Å². The van der Waals surface area contributed by atoms with Crippen LogP contribution in [0, 0.1) is 0 Å². The smallest absolute Gasteiger partial charge is 0.332 e. The monoisotopic (exact) mass is 281 g/mol. The average Bonchev–Trinajstić information content (AvgIpc) is 2.28. The molecule has 0 radical (unpaired) electrons. The lowest BCUT2D eigenvalue weighted by molar-refractivity contribution is -0.140. The van der Waals surface area contributed by atoms with Gasteiger partial charge in [-0.1, -0.05) is 24.3 Å². The van der Waals surface area contributed by atoms with Crippen molar-refractivity contribution < 1.29 is 9.53 Å². The Kier molecular flexibility index (Phi) is 3.01. The van der Waals surface area contributed by atoms with Gasteiger partial charge in [0.25, 0.3) is 0 Å². The van der Waals surface area contributed by atoms with Crippen molar-refractivity contribution >= 4 is 33.7 Å². The summed E-state index contributed by atoms with van der Waals surface area (Å²) < 4.78 is 5.75. The van der Waals surface area contributed by atoms with Crippen LogP contribution in [0.3, 0.4) is 0 Å². The lowest BCUT2D eigenvalue weighted by Crippen LogP contribution is -2.39. The van der Waals surface area contributed by atoms with Gasteiger partial charge in [0.05, 0.1) is 12.8 Å². The fourth-order valence-corrected chi connectivity index (χ4v) is 2.52. The van der Waals surface area contributed by atoms with Crippen molar-refractivity contribution in [3.8, 4) is 0 Å². The highest BCUT2D eigenvalue weighted by Gasteiger charge is 2.27. The number of hydrogen-bond donors (Lipinski definition) is 0. The number of methoxy groups -OCH3 is 1. The molecule has 1 aliphatic rings. The van der Waals surface area contributed by atoms with E-state index in [9.17, 15) is 4.79 Å². The Labute approximate surface area is 103 Å². The van der Waals surface area contributed by atoms with Crippen molar-refractivity contribution in [1.29, 1.82) is 0 Å². The van der Waals surface area contributed by atoms with Gasteiger partial charge in [-0.05, 0) is 27.6 Å². The number of anilines is 1. The SMILES string of the molecule is COC(=O)C1C=Cc2cccc(Br)c2N1C. The number of benzene rings is 1. The maximum absolute atomic E-state index is 11.6. The van der Waals surface area contributed by atoms with Crippen LogP contribution in [0.5, 0.6) is 0 Å². The lowest BCUT2D eigenvalue weighted by Gasteiger charge is -2.31. The third-order valence-electron chi connectivity index (χ3n) is 2.69. The van der Waals surface area contributed by atoms with Crippen LogP contribution >= 0.6 is 15.9 Å². The molecule has 0 spiro atoms. The van der Waals surface area contributed by atoms with Crippen LogP contribution in [-0.2, 0) is 9.53 Å². The number of esters is 1. The van der Waals surface area contributed by atoms with Crippen molar-refractivity contribution in [2.75, 3.05) is 19.1 Å². The molecule has 0 saturated carbocycles. The van der Waals surface area contributed by atoms with Crippen LogP contribution in [0.25, 0.3) is 6.08 Å². The van der Waals surface area contributed by atoms with Gasteiger partial charge in [-0.25, -0.2) is 4.79 Å². The molecule has 84 valence electrons. The highest BCUT2D eigenvalue weighted by atomic mass is 79.9. The number of para-hydroxylation sites is 1. The van der Waals surface area contributed by atoms with Gasteiger partial charge in [-0.2, -0.15) is 0 Å². The molecule has 2 rings (SSSR count). The Morgan fingerprint density at radius 1 is 1.50 bits per heavy atom. The van der Waals surface area contributed by atoms with E-state index in [1.54, 1.807) is 0 Å². The van der Waals surface area contributed by atoms with Gasteiger partial charge in [0.15, 0.2) is 0 Å². The molecule has 3 nitrogen and oxygen atoms in total. The zero-order valence-electron chi connectivity index (χ0n) is 9.11. The molecule has 0 amide bonds. The molecule has 0 aromatic heterocycles. The Balaban J connectivity index is 2.45. The fraction of sp³-hybridized carbons (Fsp3) is 0.250. The topological polar surface area (TPSA) is 29.5 Å². The predicted molar refractivity (Wildman–Crippen MR) is 67.4 cm³/mol. The average molecular weight is 282 g/mol. The van der Waals surface area contributed by atoms with Crippen LogP contribution in [0.15, 0.2) is 28.7 Å². The molecule has 0 fully saturated rings. The molecule has 1 unspecified atom stereocenters. The van der Waals surface area contributed by atoms with E-state index in [-0.39, 0.29) is 12.0 Å². The van der Waals surface area contributed by atoms with Crippen molar-refractivity contribution in [3.63, 3.8) is 0 Å². The first-order chi connectivity index (χ1) is 7.65. The summed E-state index contributed by atoms with van der Waals surface area (Å²) in [5, 5.41) is 0. The number of nitrogens with zero attached hydrogens (tertiary/aromatic N) is 1. The minimum Gasteiger partial charge on any atom is -0.467 e. The first kappa shape index (κ1) is 11.2. The van der Waals surface area contributed by atoms with E-state index >= 15 is 0 Å². The molecule has 1 heterocycles. The van der Waals surface area contributed by atoms with E-state index in [1.807, 2.05) is 42.3 Å². The van der Waals surface area contributed by atoms with E-state index in [1.165, 1.54) is 7.11 Å². The summed E-state index contributed by atoms with van der Waals surface area (Å²) >= 11 is 3.49. The van der Waals surface area contributed by atoms with Crippen LogP contribution < -0.4 is 4.90 Å². The first-order valence-corrected chi connectivity index (χ1v) is 5.72. The quantitative estimate of drug-likeness (QED) is 0.741. The number of carbonyl (C=O) groups is 1. The van der Waals surface area contributed by atoms with E-state index < -0.39 is 0 Å². The molecule has 1 aliphatic heterocycles. The number of likely N-dealkylation sites (N-methyl/N-ethyl adjacent to an activating group) is 1. The lowest BCUT2D eigenvalue weighted by atomic mass is 10.0. The first-order valence-electron chi connectivity index (χ1n) is 4.92. The molecule has 1 atom stereocenters. The maximum Gasteiger partial charge on any atom is 0.332 e. The van der Waals surface area contributed by atoms with Crippen molar-refractivity contribution in [2.45, 2.75) is 6.04 Å². The molecule has 1 aromatic rings. The number of rotatable bonds is 1. The van der Waals surface area contributed by atoms with Gasteiger partial charge < -0.3 is 9.64 Å². The molecule has 16 heavy (non-hydrogen) atoms. The normalized spacial score (nSPS) is 18.2. The Hall–Kier alpha value is -1.29.